The van der Waals surface area contributed by atoms with Crippen molar-refractivity contribution in [2.45, 2.75) is 6.18 Å². The monoisotopic (exact) mass is 314 g/mol. The second-order valence-corrected chi connectivity index (χ2v) is 4.85. The number of rotatable bonds is 1. The minimum Gasteiger partial charge on any atom is -0.338 e. The number of aromatic amines is 1. The van der Waals surface area contributed by atoms with Gasteiger partial charge in [-0.1, -0.05) is 11.6 Å². The Labute approximate surface area is 121 Å². The highest BCUT2D eigenvalue weighted by atomic mass is 35.5. The summed E-state index contributed by atoms with van der Waals surface area (Å²) in [6.45, 7) is 0. The molecule has 3 aromatic rings. The lowest BCUT2D eigenvalue weighted by molar-refractivity contribution is -0.137. The molecule has 0 saturated carbocycles. The van der Waals surface area contributed by atoms with Crippen LogP contribution in [0, 0.1) is 5.82 Å². The summed E-state index contributed by atoms with van der Waals surface area (Å²) in [4.78, 5) is 6.89. The van der Waals surface area contributed by atoms with Crippen LogP contribution in [0.5, 0.6) is 0 Å². The van der Waals surface area contributed by atoms with Gasteiger partial charge in [0.15, 0.2) is 0 Å². The number of alkyl halides is 3. The number of hydrogen-bond donors (Lipinski definition) is 1. The first-order valence-corrected chi connectivity index (χ1v) is 6.25. The highest BCUT2D eigenvalue weighted by Crippen LogP contribution is 2.32. The fourth-order valence-electron chi connectivity index (χ4n) is 1.97. The summed E-state index contributed by atoms with van der Waals surface area (Å²) < 4.78 is 51.4. The molecule has 1 heterocycles. The molecule has 0 aliphatic rings. The predicted octanol–water partition coefficient (Wildman–Crippen LogP) is 5.04. The van der Waals surface area contributed by atoms with E-state index in [1.165, 1.54) is 24.3 Å². The van der Waals surface area contributed by atoms with Crippen LogP contribution in [0.2, 0.25) is 5.02 Å². The molecule has 2 nitrogen and oxygen atoms in total. The van der Waals surface area contributed by atoms with Crippen molar-refractivity contribution in [2.75, 3.05) is 0 Å². The van der Waals surface area contributed by atoms with E-state index in [2.05, 4.69) is 9.97 Å². The normalized spacial score (nSPS) is 12.0. The van der Waals surface area contributed by atoms with E-state index in [9.17, 15) is 17.6 Å². The molecule has 3 rings (SSSR count). The van der Waals surface area contributed by atoms with E-state index in [0.717, 1.165) is 12.1 Å². The fourth-order valence-corrected chi connectivity index (χ4v) is 2.08. The SMILES string of the molecule is Fc1cc(-c2nc3ccc(C(F)(F)F)cc3[nH]2)ccc1Cl. The fraction of sp³-hybridized carbons (Fsp3) is 0.0714. The maximum Gasteiger partial charge on any atom is 0.416 e. The van der Waals surface area contributed by atoms with Crippen molar-refractivity contribution in [3.8, 4) is 11.4 Å². The van der Waals surface area contributed by atoms with Crippen LogP contribution in [0.15, 0.2) is 36.4 Å². The van der Waals surface area contributed by atoms with Gasteiger partial charge >= 0.3 is 6.18 Å². The van der Waals surface area contributed by atoms with Crippen molar-refractivity contribution in [3.63, 3.8) is 0 Å². The molecule has 7 heteroatoms. The molecule has 1 aromatic heterocycles. The molecule has 0 amide bonds. The summed E-state index contributed by atoms with van der Waals surface area (Å²) in [7, 11) is 0. The summed E-state index contributed by atoms with van der Waals surface area (Å²) in [5.41, 5.74) is 0.234. The minimum absolute atomic E-state index is 0.0331. The van der Waals surface area contributed by atoms with Crippen LogP contribution in [-0.4, -0.2) is 9.97 Å². The topological polar surface area (TPSA) is 28.7 Å². The molecule has 2 aromatic carbocycles. The van der Waals surface area contributed by atoms with Gasteiger partial charge in [-0.15, -0.1) is 0 Å². The number of H-pyrrole nitrogens is 1. The van der Waals surface area contributed by atoms with Gasteiger partial charge in [0, 0.05) is 5.56 Å². The van der Waals surface area contributed by atoms with Gasteiger partial charge in [0.05, 0.1) is 21.6 Å². The molecule has 1 N–H and O–H groups in total. The molecule has 0 fully saturated rings. The summed E-state index contributed by atoms with van der Waals surface area (Å²) >= 11 is 5.59. The molecule has 0 atom stereocenters. The van der Waals surface area contributed by atoms with Gasteiger partial charge in [-0.2, -0.15) is 13.2 Å². The first-order chi connectivity index (χ1) is 9.84. The molecule has 0 aliphatic carbocycles. The van der Waals surface area contributed by atoms with E-state index in [1.807, 2.05) is 0 Å². The van der Waals surface area contributed by atoms with Gasteiger partial charge in [-0.3, -0.25) is 0 Å². The molecule has 0 spiro atoms. The molecule has 0 saturated heterocycles. The Hall–Kier alpha value is -2.08. The van der Waals surface area contributed by atoms with E-state index in [4.69, 9.17) is 11.6 Å². The Balaban J connectivity index is 2.10. The van der Waals surface area contributed by atoms with E-state index < -0.39 is 17.6 Å². The number of nitrogens with one attached hydrogen (secondary N) is 1. The Kier molecular flexibility index (Phi) is 3.13. The number of imidazole rings is 1. The summed E-state index contributed by atoms with van der Waals surface area (Å²) in [6, 6.07) is 7.26. The van der Waals surface area contributed by atoms with Gasteiger partial charge < -0.3 is 4.98 Å². The third-order valence-electron chi connectivity index (χ3n) is 3.00. The largest absolute Gasteiger partial charge is 0.416 e. The zero-order chi connectivity index (χ0) is 15.2. The first kappa shape index (κ1) is 13.9. The second-order valence-electron chi connectivity index (χ2n) is 4.44. The van der Waals surface area contributed by atoms with Crippen molar-refractivity contribution < 1.29 is 17.6 Å². The van der Waals surface area contributed by atoms with Crippen molar-refractivity contribution in [2.24, 2.45) is 0 Å². The second kappa shape index (κ2) is 4.73. The van der Waals surface area contributed by atoms with Gasteiger partial charge in [0.25, 0.3) is 0 Å². The van der Waals surface area contributed by atoms with Crippen LogP contribution >= 0.6 is 11.6 Å². The maximum atomic E-state index is 13.4. The average Bonchev–Trinajstić information content (AvgIpc) is 2.83. The van der Waals surface area contributed by atoms with Crippen LogP contribution in [0.4, 0.5) is 17.6 Å². The quantitative estimate of drug-likeness (QED) is 0.626. The summed E-state index contributed by atoms with van der Waals surface area (Å²) in [5.74, 6) is -0.342. The molecule has 0 bridgehead atoms. The van der Waals surface area contributed by atoms with Crippen LogP contribution in [0.25, 0.3) is 22.4 Å². The number of hydrogen-bond acceptors (Lipinski definition) is 1. The Morgan fingerprint density at radius 1 is 1.05 bits per heavy atom. The number of halogens is 5. The van der Waals surface area contributed by atoms with E-state index in [0.29, 0.717) is 11.1 Å². The van der Waals surface area contributed by atoms with E-state index in [1.54, 1.807) is 0 Å². The third-order valence-corrected chi connectivity index (χ3v) is 3.31. The number of aromatic nitrogens is 2. The zero-order valence-corrected chi connectivity index (χ0v) is 11.1. The minimum atomic E-state index is -4.42. The van der Waals surface area contributed by atoms with Gasteiger partial charge in [-0.05, 0) is 36.4 Å². The van der Waals surface area contributed by atoms with E-state index >= 15 is 0 Å². The Morgan fingerprint density at radius 2 is 1.81 bits per heavy atom. The van der Waals surface area contributed by atoms with Crippen LogP contribution in [0.1, 0.15) is 5.56 Å². The molecular weight excluding hydrogens is 308 g/mol. The van der Waals surface area contributed by atoms with Gasteiger partial charge in [-0.25, -0.2) is 9.37 Å². The third kappa shape index (κ3) is 2.58. The van der Waals surface area contributed by atoms with Crippen LogP contribution in [0.3, 0.4) is 0 Å². The van der Waals surface area contributed by atoms with Crippen molar-refractivity contribution in [3.05, 3.63) is 52.8 Å². The Morgan fingerprint density at radius 3 is 2.48 bits per heavy atom. The Bertz CT molecular complexity index is 823. The lowest BCUT2D eigenvalue weighted by Crippen LogP contribution is -2.04. The predicted molar refractivity (Wildman–Crippen MR) is 71.5 cm³/mol. The number of nitrogens with zero attached hydrogens (tertiary/aromatic N) is 1. The first-order valence-electron chi connectivity index (χ1n) is 5.87. The van der Waals surface area contributed by atoms with E-state index in [-0.39, 0.29) is 16.4 Å². The molecule has 0 aliphatic heterocycles. The molecule has 0 unspecified atom stereocenters. The highest BCUT2D eigenvalue weighted by Gasteiger charge is 2.30. The van der Waals surface area contributed by atoms with Crippen LogP contribution in [-0.2, 0) is 6.18 Å². The smallest absolute Gasteiger partial charge is 0.338 e. The molecule has 0 radical (unpaired) electrons. The molecule has 108 valence electrons. The zero-order valence-electron chi connectivity index (χ0n) is 10.3. The average molecular weight is 315 g/mol. The van der Waals surface area contributed by atoms with Gasteiger partial charge in [0.1, 0.15) is 11.6 Å². The summed E-state index contributed by atoms with van der Waals surface area (Å²) in [5, 5.41) is -0.0331. The van der Waals surface area contributed by atoms with Crippen molar-refractivity contribution in [1.29, 1.82) is 0 Å². The number of benzene rings is 2. The lowest BCUT2D eigenvalue weighted by Gasteiger charge is -2.05. The van der Waals surface area contributed by atoms with Crippen molar-refractivity contribution in [1.82, 2.24) is 9.97 Å². The van der Waals surface area contributed by atoms with Crippen molar-refractivity contribution >= 4 is 22.6 Å². The standard InChI is InChI=1S/C14H7ClF4N2/c15-9-3-1-7(5-10(9)16)13-20-11-4-2-8(14(17,18)19)6-12(11)21-13/h1-6H,(H,20,21). The van der Waals surface area contributed by atoms with Crippen LogP contribution < -0.4 is 0 Å². The molecular formula is C14H7ClF4N2. The summed E-state index contributed by atoms with van der Waals surface area (Å²) in [6.07, 6.45) is -4.42. The van der Waals surface area contributed by atoms with Gasteiger partial charge in [0.2, 0.25) is 0 Å². The highest BCUT2D eigenvalue weighted by molar-refractivity contribution is 6.30. The molecule has 21 heavy (non-hydrogen) atoms. The number of fused-ring (bicyclic) bond motifs is 1. The lowest BCUT2D eigenvalue weighted by atomic mass is 10.2. The maximum absolute atomic E-state index is 13.4.